The predicted octanol–water partition coefficient (Wildman–Crippen LogP) is 2.83. The van der Waals surface area contributed by atoms with E-state index in [-0.39, 0.29) is 5.78 Å². The summed E-state index contributed by atoms with van der Waals surface area (Å²) in [6.45, 7) is 2.08. The summed E-state index contributed by atoms with van der Waals surface area (Å²) in [4.78, 5) is 12.2. The largest absolute Gasteiger partial charge is 0.497 e. The van der Waals surface area contributed by atoms with Gasteiger partial charge in [-0.15, -0.1) is 0 Å². The fourth-order valence-electron chi connectivity index (χ4n) is 1.90. The number of hydrogen-bond donors (Lipinski definition) is 1. The maximum absolute atomic E-state index is 12.2. The average Bonchev–Trinajstić information content (AvgIpc) is 2.45. The van der Waals surface area contributed by atoms with E-state index in [2.05, 4.69) is 6.92 Å². The smallest absolute Gasteiger partial charge is 0.195 e. The third-order valence-electron chi connectivity index (χ3n) is 3.06. The zero-order valence-corrected chi connectivity index (χ0v) is 11.8. The van der Waals surface area contributed by atoms with Crippen LogP contribution in [-0.4, -0.2) is 31.2 Å². The summed E-state index contributed by atoms with van der Waals surface area (Å²) in [5.41, 5.74) is 0.367. The van der Waals surface area contributed by atoms with E-state index in [1.54, 1.807) is 18.2 Å². The number of hydrogen-bond acceptors (Lipinski definition) is 4. The Morgan fingerprint density at radius 2 is 2.00 bits per heavy atom. The van der Waals surface area contributed by atoms with E-state index in [9.17, 15) is 9.90 Å². The highest BCUT2D eigenvalue weighted by Gasteiger charge is 2.21. The number of aliphatic hydroxyl groups excluding tert-OH is 1. The molecule has 0 fully saturated rings. The van der Waals surface area contributed by atoms with Gasteiger partial charge in [-0.2, -0.15) is 0 Å². The van der Waals surface area contributed by atoms with Crippen LogP contribution >= 0.6 is 0 Å². The fraction of sp³-hybridized carbons (Fsp3) is 0.533. The molecule has 0 aliphatic rings. The van der Waals surface area contributed by atoms with Crippen molar-refractivity contribution in [3.05, 3.63) is 23.8 Å². The van der Waals surface area contributed by atoms with Crippen LogP contribution in [0.2, 0.25) is 0 Å². The Morgan fingerprint density at radius 1 is 1.26 bits per heavy atom. The molecule has 1 atom stereocenters. The molecule has 106 valence electrons. The van der Waals surface area contributed by atoms with E-state index in [4.69, 9.17) is 9.47 Å². The number of methoxy groups -OCH3 is 2. The molecule has 0 amide bonds. The van der Waals surface area contributed by atoms with Gasteiger partial charge in [-0.3, -0.25) is 4.79 Å². The number of unbranched alkanes of at least 4 members (excludes halogenated alkanes) is 2. The number of carbonyl (C=O) groups excluding carboxylic acids is 1. The minimum absolute atomic E-state index is 0.313. The predicted molar refractivity (Wildman–Crippen MR) is 74.0 cm³/mol. The van der Waals surface area contributed by atoms with Crippen LogP contribution in [0, 0.1) is 0 Å². The van der Waals surface area contributed by atoms with Crippen LogP contribution in [0.5, 0.6) is 11.5 Å². The van der Waals surface area contributed by atoms with E-state index < -0.39 is 6.10 Å². The Balaban J connectivity index is 2.84. The Morgan fingerprint density at radius 3 is 2.58 bits per heavy atom. The second-order valence-corrected chi connectivity index (χ2v) is 4.44. The summed E-state index contributed by atoms with van der Waals surface area (Å²) in [5.74, 6) is 0.720. The van der Waals surface area contributed by atoms with Crippen LogP contribution in [0.15, 0.2) is 18.2 Å². The third-order valence-corrected chi connectivity index (χ3v) is 3.06. The first-order valence-corrected chi connectivity index (χ1v) is 6.58. The number of ketones is 1. The highest BCUT2D eigenvalue weighted by Crippen LogP contribution is 2.26. The van der Waals surface area contributed by atoms with E-state index >= 15 is 0 Å². The van der Waals surface area contributed by atoms with Crippen molar-refractivity contribution in [3.63, 3.8) is 0 Å². The van der Waals surface area contributed by atoms with Crippen molar-refractivity contribution in [2.75, 3.05) is 14.2 Å². The molecular weight excluding hydrogens is 244 g/mol. The van der Waals surface area contributed by atoms with Gasteiger partial charge in [-0.25, -0.2) is 0 Å². The molecule has 1 aromatic rings. The average molecular weight is 266 g/mol. The zero-order valence-electron chi connectivity index (χ0n) is 11.8. The van der Waals surface area contributed by atoms with Crippen LogP contribution < -0.4 is 9.47 Å². The number of aliphatic hydroxyl groups is 1. The molecule has 1 rings (SSSR count). The molecule has 0 radical (unpaired) electrons. The molecule has 0 aliphatic heterocycles. The zero-order chi connectivity index (χ0) is 14.3. The summed E-state index contributed by atoms with van der Waals surface area (Å²) in [6, 6.07) is 4.99. The first-order valence-electron chi connectivity index (χ1n) is 6.58. The van der Waals surface area contributed by atoms with Gasteiger partial charge in [0.25, 0.3) is 0 Å². The molecule has 0 saturated carbocycles. The number of rotatable bonds is 8. The van der Waals surface area contributed by atoms with Gasteiger partial charge in [0, 0.05) is 0 Å². The van der Waals surface area contributed by atoms with Crippen LogP contribution in [0.3, 0.4) is 0 Å². The number of benzene rings is 1. The molecule has 0 spiro atoms. The molecule has 19 heavy (non-hydrogen) atoms. The van der Waals surface area contributed by atoms with E-state index in [1.165, 1.54) is 14.2 Å². The van der Waals surface area contributed by atoms with Gasteiger partial charge in [-0.05, 0) is 24.6 Å². The Labute approximate surface area is 114 Å². The van der Waals surface area contributed by atoms with Crippen LogP contribution in [-0.2, 0) is 0 Å². The fourth-order valence-corrected chi connectivity index (χ4v) is 1.90. The molecule has 0 unspecified atom stereocenters. The standard InChI is InChI=1S/C15H22O4/c1-4-5-6-7-13(16)15(17)12-10-11(18-2)8-9-14(12)19-3/h8-10,13,16H,4-7H2,1-3H3/t13-/m0/s1. The van der Waals surface area contributed by atoms with Crippen LogP contribution in [0.25, 0.3) is 0 Å². The molecule has 0 saturated heterocycles. The van der Waals surface area contributed by atoms with Crippen molar-refractivity contribution in [1.82, 2.24) is 0 Å². The first kappa shape index (κ1) is 15.5. The SMILES string of the molecule is CCCCC[C@H](O)C(=O)c1cc(OC)ccc1OC. The molecule has 0 heterocycles. The molecule has 4 heteroatoms. The lowest BCUT2D eigenvalue weighted by Gasteiger charge is -2.13. The molecule has 1 aromatic carbocycles. The van der Waals surface area contributed by atoms with Gasteiger partial charge in [-0.1, -0.05) is 26.2 Å². The maximum Gasteiger partial charge on any atom is 0.195 e. The van der Waals surface area contributed by atoms with Gasteiger partial charge in [0.05, 0.1) is 19.8 Å². The molecular formula is C15H22O4. The second-order valence-electron chi connectivity index (χ2n) is 4.44. The van der Waals surface area contributed by atoms with Crippen LogP contribution in [0.4, 0.5) is 0 Å². The van der Waals surface area contributed by atoms with Crippen molar-refractivity contribution in [2.24, 2.45) is 0 Å². The van der Waals surface area contributed by atoms with Gasteiger partial charge >= 0.3 is 0 Å². The highest BCUT2D eigenvalue weighted by atomic mass is 16.5. The summed E-state index contributed by atoms with van der Waals surface area (Å²) >= 11 is 0. The lowest BCUT2D eigenvalue weighted by molar-refractivity contribution is 0.0722. The van der Waals surface area contributed by atoms with Gasteiger partial charge in [0.1, 0.15) is 17.6 Å². The second kappa shape index (κ2) is 7.79. The normalized spacial score (nSPS) is 12.0. The van der Waals surface area contributed by atoms with E-state index in [1.807, 2.05) is 0 Å². The summed E-state index contributed by atoms with van der Waals surface area (Å²) in [7, 11) is 3.04. The number of carbonyl (C=O) groups is 1. The summed E-state index contributed by atoms with van der Waals surface area (Å²) in [6.07, 6.45) is 2.42. The molecule has 1 N–H and O–H groups in total. The van der Waals surface area contributed by atoms with E-state index in [0.717, 1.165) is 19.3 Å². The van der Waals surface area contributed by atoms with Gasteiger partial charge in [0.15, 0.2) is 5.78 Å². The third kappa shape index (κ3) is 4.24. The highest BCUT2D eigenvalue weighted by molar-refractivity contribution is 6.02. The van der Waals surface area contributed by atoms with E-state index in [0.29, 0.717) is 23.5 Å². The van der Waals surface area contributed by atoms with Crippen molar-refractivity contribution in [2.45, 2.75) is 38.7 Å². The molecule has 4 nitrogen and oxygen atoms in total. The quantitative estimate of drug-likeness (QED) is 0.580. The number of ether oxygens (including phenoxy) is 2. The number of Topliss-reactive ketones (excluding diaryl/α,β-unsaturated/α-hetero) is 1. The van der Waals surface area contributed by atoms with Gasteiger partial charge in [0.2, 0.25) is 0 Å². The van der Waals surface area contributed by atoms with Crippen molar-refractivity contribution < 1.29 is 19.4 Å². The van der Waals surface area contributed by atoms with Crippen LogP contribution in [0.1, 0.15) is 43.0 Å². The van der Waals surface area contributed by atoms with Crippen molar-refractivity contribution in [1.29, 1.82) is 0 Å². The molecule has 0 aromatic heterocycles. The van der Waals surface area contributed by atoms with Gasteiger partial charge < -0.3 is 14.6 Å². The monoisotopic (exact) mass is 266 g/mol. The van der Waals surface area contributed by atoms with Crippen molar-refractivity contribution in [3.8, 4) is 11.5 Å². The first-order chi connectivity index (χ1) is 9.13. The minimum Gasteiger partial charge on any atom is -0.497 e. The molecule has 0 aliphatic carbocycles. The topological polar surface area (TPSA) is 55.8 Å². The lowest BCUT2D eigenvalue weighted by atomic mass is 10.0. The Hall–Kier alpha value is -1.55. The summed E-state index contributed by atoms with van der Waals surface area (Å²) < 4.78 is 10.2. The Kier molecular flexibility index (Phi) is 6.36. The lowest BCUT2D eigenvalue weighted by Crippen LogP contribution is -2.21. The Bertz CT molecular complexity index is 415. The minimum atomic E-state index is -0.979. The maximum atomic E-state index is 12.2. The summed E-state index contributed by atoms with van der Waals surface area (Å²) in [5, 5.41) is 9.94. The van der Waals surface area contributed by atoms with Crippen molar-refractivity contribution >= 4 is 5.78 Å². The molecule has 0 bridgehead atoms.